The first-order chi connectivity index (χ1) is 20.0. The summed E-state index contributed by atoms with van der Waals surface area (Å²) in [5, 5.41) is 5.28. The molecule has 43 heavy (non-hydrogen) atoms. The van der Waals surface area contributed by atoms with E-state index in [9.17, 15) is 28.8 Å². The van der Waals surface area contributed by atoms with E-state index in [4.69, 9.17) is 15.2 Å². The van der Waals surface area contributed by atoms with Crippen LogP contribution in [-0.4, -0.2) is 85.8 Å². The van der Waals surface area contributed by atoms with Crippen LogP contribution in [0.3, 0.4) is 0 Å². The van der Waals surface area contributed by atoms with Gasteiger partial charge in [-0.1, -0.05) is 48.5 Å². The smallest absolute Gasteiger partial charge is 0.312 e. The molecule has 1 saturated heterocycles. The van der Waals surface area contributed by atoms with Crippen LogP contribution in [0.15, 0.2) is 0 Å². The average Bonchev–Trinajstić information content (AvgIpc) is 3.15. The number of amides is 5. The minimum absolute atomic E-state index is 0.0103. The van der Waals surface area contributed by atoms with E-state index in [-0.39, 0.29) is 105 Å². The molecular weight excluding hydrogens is 556 g/mol. The van der Waals surface area contributed by atoms with Crippen molar-refractivity contribution < 1.29 is 38.2 Å². The topological polar surface area (TPSA) is 174 Å². The number of hydrogen-bond acceptors (Lipinski definition) is 8. The first-order valence-corrected chi connectivity index (χ1v) is 15.4. The van der Waals surface area contributed by atoms with Gasteiger partial charge in [0, 0.05) is 43.6 Å². The second-order valence-corrected chi connectivity index (χ2v) is 13.2. The molecule has 3 unspecified atom stereocenters. The van der Waals surface area contributed by atoms with Gasteiger partial charge in [-0.15, -0.1) is 0 Å². The zero-order valence-electron chi connectivity index (χ0n) is 27.2. The maximum absolute atomic E-state index is 13.1. The van der Waals surface area contributed by atoms with Crippen molar-refractivity contribution in [3.8, 4) is 0 Å². The van der Waals surface area contributed by atoms with Crippen molar-refractivity contribution in [1.29, 1.82) is 0 Å². The van der Waals surface area contributed by atoms with Gasteiger partial charge in [0.15, 0.2) is 5.78 Å². The number of ketones is 2. The van der Waals surface area contributed by atoms with E-state index in [2.05, 4.69) is 10.6 Å². The predicted molar refractivity (Wildman–Crippen MR) is 162 cm³/mol. The summed E-state index contributed by atoms with van der Waals surface area (Å²) < 4.78 is 11.0. The Labute approximate surface area is 256 Å². The molecule has 1 rings (SSSR count). The van der Waals surface area contributed by atoms with Crippen molar-refractivity contribution in [2.45, 2.75) is 93.0 Å². The van der Waals surface area contributed by atoms with Crippen LogP contribution in [0.25, 0.3) is 0 Å². The Morgan fingerprint density at radius 2 is 1.63 bits per heavy atom. The minimum atomic E-state index is -0.735. The third-order valence-electron chi connectivity index (χ3n) is 7.28. The number of nitrogens with two attached hydrogens (primary N) is 1. The number of Topliss-reactive ketones (excluding diaryl/α,β-unsaturated/α-hetero) is 2. The van der Waals surface area contributed by atoms with Crippen molar-refractivity contribution in [2.75, 3.05) is 39.5 Å². The quantitative estimate of drug-likeness (QED) is 0.131. The lowest BCUT2D eigenvalue weighted by molar-refractivity contribution is -0.140. The Balaban J connectivity index is 2.39. The molecule has 3 atom stereocenters. The summed E-state index contributed by atoms with van der Waals surface area (Å²) >= 11 is 0. The third-order valence-corrected chi connectivity index (χ3v) is 7.28. The first kappa shape index (κ1) is 38.2. The Morgan fingerprint density at radius 3 is 2.19 bits per heavy atom. The molecule has 4 N–H and O–H groups in total. The number of rotatable bonds is 21. The van der Waals surface area contributed by atoms with E-state index in [1.807, 2.05) is 34.6 Å². The molecule has 1 aliphatic rings. The molecule has 246 valence electrons. The van der Waals surface area contributed by atoms with Gasteiger partial charge in [0.2, 0.25) is 17.7 Å². The molecule has 0 aromatic carbocycles. The van der Waals surface area contributed by atoms with Crippen LogP contribution < -0.4 is 16.4 Å². The number of urea groups is 1. The fourth-order valence-corrected chi connectivity index (χ4v) is 5.14. The summed E-state index contributed by atoms with van der Waals surface area (Å²) in [6.07, 6.45) is 1.91. The summed E-state index contributed by atoms with van der Waals surface area (Å²) in [5.74, 6) is -2.06. The van der Waals surface area contributed by atoms with Crippen molar-refractivity contribution in [2.24, 2.45) is 34.8 Å². The van der Waals surface area contributed by atoms with Gasteiger partial charge in [-0.2, -0.15) is 0 Å². The number of nitrogens with zero attached hydrogens (tertiary/aromatic N) is 1. The molecule has 12 nitrogen and oxygen atoms in total. The lowest BCUT2D eigenvalue weighted by Crippen LogP contribution is -2.45. The lowest BCUT2D eigenvalue weighted by Gasteiger charge is -2.24. The number of hydrogen-bond donors (Lipinski definition) is 3. The van der Waals surface area contributed by atoms with Crippen LogP contribution in [0.4, 0.5) is 4.79 Å². The van der Waals surface area contributed by atoms with E-state index >= 15 is 0 Å². The Kier molecular flexibility index (Phi) is 16.6. The highest BCUT2D eigenvalue weighted by Gasteiger charge is 2.39. The number of likely N-dealkylation sites (tertiary alicyclic amines) is 1. The number of imide groups is 1. The number of carbonyl (C=O) groups excluding carboxylic acids is 6. The zero-order valence-corrected chi connectivity index (χ0v) is 27.2. The van der Waals surface area contributed by atoms with Crippen LogP contribution in [0.1, 0.15) is 87.0 Å². The minimum Gasteiger partial charge on any atom is -0.379 e. The van der Waals surface area contributed by atoms with Crippen LogP contribution in [-0.2, 0) is 33.4 Å². The second kappa shape index (κ2) is 18.7. The number of primary amides is 1. The number of ether oxygens (including phenoxy) is 2. The molecule has 1 heterocycles. The van der Waals surface area contributed by atoms with Crippen LogP contribution in [0.5, 0.6) is 0 Å². The molecule has 0 bridgehead atoms. The molecule has 0 aromatic rings. The monoisotopic (exact) mass is 610 g/mol. The van der Waals surface area contributed by atoms with Gasteiger partial charge >= 0.3 is 6.03 Å². The maximum atomic E-state index is 13.1. The van der Waals surface area contributed by atoms with Crippen molar-refractivity contribution in [3.05, 3.63) is 0 Å². The molecule has 0 radical (unpaired) electrons. The summed E-state index contributed by atoms with van der Waals surface area (Å²) in [7, 11) is 0. The summed E-state index contributed by atoms with van der Waals surface area (Å²) in [6.45, 7) is 14.7. The number of carbonyl (C=O) groups is 6. The summed E-state index contributed by atoms with van der Waals surface area (Å²) in [4.78, 5) is 75.4. The second-order valence-electron chi connectivity index (χ2n) is 13.2. The van der Waals surface area contributed by atoms with Crippen molar-refractivity contribution in [1.82, 2.24) is 15.5 Å². The van der Waals surface area contributed by atoms with E-state index in [1.165, 1.54) is 4.90 Å². The standard InChI is InChI=1S/C31H54N4O8/c1-20(2)27(24(36)17-22(28(39)21(3)4)9-8-11-33-30(32)41)34-25(37)10-13-42-15-16-43-14-12-35-26(38)18-23(29(35)40)19-31(5,6)7/h20-23,27H,8-19H2,1-7H3,(H,34,37)(H3,32,33,41). The van der Waals surface area contributed by atoms with E-state index in [0.29, 0.717) is 25.8 Å². The molecule has 12 heteroatoms. The molecule has 0 aliphatic carbocycles. The summed E-state index contributed by atoms with van der Waals surface area (Å²) in [6, 6.07) is -1.37. The highest BCUT2D eigenvalue weighted by Crippen LogP contribution is 2.31. The Bertz CT molecular complexity index is 960. The van der Waals surface area contributed by atoms with Gasteiger partial charge in [0.25, 0.3) is 0 Å². The Hall–Kier alpha value is -2.86. The third kappa shape index (κ3) is 14.9. The molecule has 5 amide bonds. The first-order valence-electron chi connectivity index (χ1n) is 15.4. The summed E-state index contributed by atoms with van der Waals surface area (Å²) in [5.41, 5.74) is 5.06. The van der Waals surface area contributed by atoms with Gasteiger partial charge in [-0.05, 0) is 30.6 Å². The molecule has 1 aliphatic heterocycles. The van der Waals surface area contributed by atoms with E-state index < -0.39 is 18.0 Å². The highest BCUT2D eigenvalue weighted by atomic mass is 16.5. The predicted octanol–water partition coefficient (Wildman–Crippen LogP) is 2.61. The zero-order chi connectivity index (χ0) is 32.7. The fourth-order valence-electron chi connectivity index (χ4n) is 5.14. The van der Waals surface area contributed by atoms with Crippen molar-refractivity contribution in [3.63, 3.8) is 0 Å². The Morgan fingerprint density at radius 1 is 1.00 bits per heavy atom. The van der Waals surface area contributed by atoms with Crippen molar-refractivity contribution >= 4 is 35.3 Å². The van der Waals surface area contributed by atoms with Gasteiger partial charge < -0.3 is 25.8 Å². The van der Waals surface area contributed by atoms with Gasteiger partial charge in [-0.3, -0.25) is 28.9 Å². The van der Waals surface area contributed by atoms with E-state index in [0.717, 1.165) is 0 Å². The van der Waals surface area contributed by atoms with E-state index in [1.54, 1.807) is 13.8 Å². The molecule has 0 spiro atoms. The fraction of sp³-hybridized carbons (Fsp3) is 0.806. The molecule has 0 saturated carbocycles. The average molecular weight is 611 g/mol. The van der Waals surface area contributed by atoms with Crippen LogP contribution in [0, 0.1) is 29.1 Å². The maximum Gasteiger partial charge on any atom is 0.312 e. The molecular formula is C31H54N4O8. The number of nitrogens with one attached hydrogen (secondary N) is 2. The van der Waals surface area contributed by atoms with Crippen LogP contribution in [0.2, 0.25) is 0 Å². The largest absolute Gasteiger partial charge is 0.379 e. The lowest BCUT2D eigenvalue weighted by atomic mass is 9.84. The molecule has 1 fully saturated rings. The normalized spacial score (nSPS) is 17.0. The molecule has 0 aromatic heterocycles. The van der Waals surface area contributed by atoms with Gasteiger partial charge in [-0.25, -0.2) is 4.79 Å². The van der Waals surface area contributed by atoms with Gasteiger partial charge in [0.1, 0.15) is 5.78 Å². The van der Waals surface area contributed by atoms with Gasteiger partial charge in [0.05, 0.1) is 39.0 Å². The SMILES string of the molecule is CC(C)C(=O)C(CCCNC(N)=O)CC(=O)C(NC(=O)CCOCCOCCN1C(=O)CC(CC(C)(C)C)C1=O)C(C)C. The van der Waals surface area contributed by atoms with Crippen LogP contribution >= 0.6 is 0 Å². The highest BCUT2D eigenvalue weighted by molar-refractivity contribution is 6.03.